The summed E-state index contributed by atoms with van der Waals surface area (Å²) in [7, 11) is 0. The van der Waals surface area contributed by atoms with E-state index in [9.17, 15) is 0 Å². The van der Waals surface area contributed by atoms with Crippen molar-refractivity contribution in [3.63, 3.8) is 0 Å². The predicted molar refractivity (Wildman–Crippen MR) is 78.6 cm³/mol. The lowest BCUT2D eigenvalue weighted by Crippen LogP contribution is -2.28. The summed E-state index contributed by atoms with van der Waals surface area (Å²) in [6, 6.07) is 0.293. The summed E-state index contributed by atoms with van der Waals surface area (Å²) in [6.45, 7) is 5.70. The molecule has 106 valence electrons. The molecule has 0 aliphatic carbocycles. The minimum atomic E-state index is 0.188. The highest BCUT2D eigenvalue weighted by Crippen LogP contribution is 2.37. The highest BCUT2D eigenvalue weighted by atomic mass is 32.2. The maximum Gasteiger partial charge on any atom is 0.323 e. The van der Waals surface area contributed by atoms with E-state index in [1.54, 1.807) is 0 Å². The van der Waals surface area contributed by atoms with Gasteiger partial charge in [0.05, 0.1) is 6.61 Å². The Morgan fingerprint density at radius 3 is 2.95 bits per heavy atom. The van der Waals surface area contributed by atoms with Gasteiger partial charge in [0.25, 0.3) is 0 Å². The van der Waals surface area contributed by atoms with Gasteiger partial charge in [0, 0.05) is 11.3 Å². The topological polar surface area (TPSA) is 86.0 Å². The monoisotopic (exact) mass is 283 g/mol. The zero-order valence-electron chi connectivity index (χ0n) is 11.5. The molecule has 0 bridgehead atoms. The van der Waals surface area contributed by atoms with Gasteiger partial charge in [-0.2, -0.15) is 26.7 Å². The maximum absolute atomic E-state index is 5.66. The molecule has 3 N–H and O–H groups in total. The minimum absolute atomic E-state index is 0.188. The quantitative estimate of drug-likeness (QED) is 0.825. The lowest BCUT2D eigenvalue weighted by atomic mass is 10.1. The molecule has 1 atom stereocenters. The Hall–Kier alpha value is -1.24. The molecule has 1 saturated heterocycles. The van der Waals surface area contributed by atoms with Crippen molar-refractivity contribution in [2.24, 2.45) is 0 Å². The molecular weight excluding hydrogens is 262 g/mol. The third kappa shape index (κ3) is 4.12. The third-order valence-corrected chi connectivity index (χ3v) is 4.53. The standard InChI is InChI=1S/C12H21N5OS/c1-3-6-18-11-16-9(13)15-10(17-11)14-8-12(2)5-4-7-19-12/h3-8H2,1-2H3,(H3,13,14,15,16,17). The molecule has 6 nitrogen and oxygen atoms in total. The van der Waals surface area contributed by atoms with Crippen LogP contribution in [-0.4, -0.2) is 38.6 Å². The first-order valence-electron chi connectivity index (χ1n) is 6.63. The Balaban J connectivity index is 1.97. The molecule has 0 saturated carbocycles. The number of nitrogens with zero attached hydrogens (tertiary/aromatic N) is 3. The zero-order valence-corrected chi connectivity index (χ0v) is 12.3. The second-order valence-electron chi connectivity index (χ2n) is 4.90. The number of anilines is 2. The molecule has 1 aliphatic heterocycles. The molecule has 7 heteroatoms. The Labute approximate surface area is 117 Å². The number of rotatable bonds is 6. The molecule has 0 aromatic carbocycles. The van der Waals surface area contributed by atoms with Crippen LogP contribution < -0.4 is 15.8 Å². The SMILES string of the molecule is CCCOc1nc(N)nc(NCC2(C)CCCS2)n1. The van der Waals surface area contributed by atoms with Crippen LogP contribution in [0.4, 0.5) is 11.9 Å². The lowest BCUT2D eigenvalue weighted by Gasteiger charge is -2.22. The van der Waals surface area contributed by atoms with Crippen molar-refractivity contribution in [3.05, 3.63) is 0 Å². The number of thioether (sulfide) groups is 1. The van der Waals surface area contributed by atoms with Crippen LogP contribution >= 0.6 is 11.8 Å². The minimum Gasteiger partial charge on any atom is -0.463 e. The number of nitrogens with two attached hydrogens (primary N) is 1. The number of nitrogens with one attached hydrogen (secondary N) is 1. The predicted octanol–water partition coefficient (Wildman–Crippen LogP) is 1.94. The number of hydrogen-bond donors (Lipinski definition) is 2. The number of nitrogen functional groups attached to an aromatic ring is 1. The van der Waals surface area contributed by atoms with Crippen LogP contribution in [0, 0.1) is 0 Å². The van der Waals surface area contributed by atoms with Crippen LogP contribution in [0.2, 0.25) is 0 Å². The van der Waals surface area contributed by atoms with E-state index in [0.29, 0.717) is 18.6 Å². The summed E-state index contributed by atoms with van der Waals surface area (Å²) >= 11 is 1.99. The number of hydrogen-bond acceptors (Lipinski definition) is 7. The fourth-order valence-corrected chi connectivity index (χ4v) is 3.20. The van der Waals surface area contributed by atoms with Crippen LogP contribution in [0.3, 0.4) is 0 Å². The van der Waals surface area contributed by atoms with Crippen molar-refractivity contribution in [3.8, 4) is 6.01 Å². The first kappa shape index (κ1) is 14.2. The van der Waals surface area contributed by atoms with Gasteiger partial charge in [0.15, 0.2) is 0 Å². The summed E-state index contributed by atoms with van der Waals surface area (Å²) in [5.41, 5.74) is 5.66. The van der Waals surface area contributed by atoms with Crippen LogP contribution in [0.1, 0.15) is 33.1 Å². The van der Waals surface area contributed by atoms with Gasteiger partial charge >= 0.3 is 6.01 Å². The largest absolute Gasteiger partial charge is 0.463 e. The van der Waals surface area contributed by atoms with E-state index < -0.39 is 0 Å². The van der Waals surface area contributed by atoms with Crippen molar-refractivity contribution < 1.29 is 4.74 Å². The summed E-state index contributed by atoms with van der Waals surface area (Å²) in [4.78, 5) is 12.3. The molecule has 2 rings (SSSR count). The fraction of sp³-hybridized carbons (Fsp3) is 0.750. The third-order valence-electron chi connectivity index (χ3n) is 2.99. The number of ether oxygens (including phenoxy) is 1. The van der Waals surface area contributed by atoms with E-state index in [2.05, 4.69) is 27.2 Å². The van der Waals surface area contributed by atoms with Crippen LogP contribution in [-0.2, 0) is 0 Å². The van der Waals surface area contributed by atoms with Gasteiger partial charge in [0.2, 0.25) is 11.9 Å². The first-order chi connectivity index (χ1) is 9.11. The number of aromatic nitrogens is 3. The normalized spacial score (nSPS) is 22.4. The van der Waals surface area contributed by atoms with Crippen molar-refractivity contribution in [1.82, 2.24) is 15.0 Å². The Kier molecular flexibility index (Phi) is 4.68. The average Bonchev–Trinajstić information content (AvgIpc) is 2.81. The van der Waals surface area contributed by atoms with Gasteiger partial charge in [-0.3, -0.25) is 0 Å². The Morgan fingerprint density at radius 2 is 2.26 bits per heavy atom. The van der Waals surface area contributed by atoms with Crippen LogP contribution in [0.5, 0.6) is 6.01 Å². The highest BCUT2D eigenvalue weighted by molar-refractivity contribution is 8.00. The molecular formula is C12H21N5OS. The van der Waals surface area contributed by atoms with Crippen LogP contribution in [0.15, 0.2) is 0 Å². The van der Waals surface area contributed by atoms with Gasteiger partial charge in [-0.05, 0) is 31.9 Å². The van der Waals surface area contributed by atoms with Crippen molar-refractivity contribution in [2.45, 2.75) is 37.9 Å². The molecule has 19 heavy (non-hydrogen) atoms. The van der Waals surface area contributed by atoms with E-state index in [-0.39, 0.29) is 10.7 Å². The zero-order chi connectivity index (χ0) is 13.7. The lowest BCUT2D eigenvalue weighted by molar-refractivity contribution is 0.292. The molecule has 1 aliphatic rings. The molecule has 0 amide bonds. The second kappa shape index (κ2) is 6.27. The van der Waals surface area contributed by atoms with Crippen LogP contribution in [0.25, 0.3) is 0 Å². The van der Waals surface area contributed by atoms with E-state index in [0.717, 1.165) is 13.0 Å². The van der Waals surface area contributed by atoms with Crippen molar-refractivity contribution in [1.29, 1.82) is 0 Å². The van der Waals surface area contributed by atoms with Gasteiger partial charge in [-0.25, -0.2) is 0 Å². The molecule has 1 unspecified atom stereocenters. The average molecular weight is 283 g/mol. The molecule has 1 aromatic rings. The molecule has 0 spiro atoms. The fourth-order valence-electron chi connectivity index (χ4n) is 1.95. The van der Waals surface area contributed by atoms with E-state index in [4.69, 9.17) is 10.5 Å². The second-order valence-corrected chi connectivity index (χ2v) is 6.59. The van der Waals surface area contributed by atoms with Gasteiger partial charge in [0.1, 0.15) is 0 Å². The molecule has 0 radical (unpaired) electrons. The Morgan fingerprint density at radius 1 is 1.42 bits per heavy atom. The van der Waals surface area contributed by atoms with Gasteiger partial charge in [-0.1, -0.05) is 6.92 Å². The first-order valence-corrected chi connectivity index (χ1v) is 7.62. The van der Waals surface area contributed by atoms with Crippen molar-refractivity contribution >= 4 is 23.7 Å². The van der Waals surface area contributed by atoms with Crippen molar-refractivity contribution in [2.75, 3.05) is 30.0 Å². The van der Waals surface area contributed by atoms with Gasteiger partial charge in [-0.15, -0.1) is 0 Å². The molecule has 1 aromatic heterocycles. The highest BCUT2D eigenvalue weighted by Gasteiger charge is 2.29. The summed E-state index contributed by atoms with van der Waals surface area (Å²) in [5.74, 6) is 1.91. The summed E-state index contributed by atoms with van der Waals surface area (Å²) in [5, 5.41) is 3.24. The maximum atomic E-state index is 5.66. The van der Waals surface area contributed by atoms with E-state index >= 15 is 0 Å². The van der Waals surface area contributed by atoms with E-state index in [1.807, 2.05) is 18.7 Å². The summed E-state index contributed by atoms with van der Waals surface area (Å²) < 4.78 is 5.64. The Bertz CT molecular complexity index is 423. The smallest absolute Gasteiger partial charge is 0.323 e. The van der Waals surface area contributed by atoms with E-state index in [1.165, 1.54) is 18.6 Å². The van der Waals surface area contributed by atoms with Gasteiger partial charge < -0.3 is 15.8 Å². The summed E-state index contributed by atoms with van der Waals surface area (Å²) in [6.07, 6.45) is 3.39. The molecule has 2 heterocycles. The molecule has 1 fully saturated rings.